The smallest absolute Gasteiger partial charge is 0.107 e. The van der Waals surface area contributed by atoms with E-state index in [1.807, 2.05) is 30.3 Å². The summed E-state index contributed by atoms with van der Waals surface area (Å²) in [6.07, 6.45) is 0. The Labute approximate surface area is 96.8 Å². The first-order valence-electron chi connectivity index (χ1n) is 4.20. The Hall–Kier alpha value is -1.01. The van der Waals surface area contributed by atoms with Crippen LogP contribution in [0.3, 0.4) is 0 Å². The molecule has 2 aromatic carbocycles. The first-order valence-corrected chi connectivity index (χ1v) is 4.20. The number of hydrogen-bond donors (Lipinski definition) is 0. The largest absolute Gasteiger partial charge is 0.498 e. The van der Waals surface area contributed by atoms with Gasteiger partial charge in [-0.1, -0.05) is 23.6 Å². The van der Waals surface area contributed by atoms with E-state index < -0.39 is 0 Å². The van der Waals surface area contributed by atoms with E-state index in [2.05, 4.69) is 13.0 Å². The monoisotopic (exact) mass is 235 g/mol. The number of hydrogen-bond acceptors (Lipinski definition) is 1. The molecule has 0 radical (unpaired) electrons. The Bertz CT molecular complexity index is 437. The molecule has 68 valence electrons. The van der Waals surface area contributed by atoms with E-state index in [0.717, 1.165) is 16.7 Å². The molecule has 2 rings (SSSR count). The molecule has 0 aliphatic heterocycles. The average Bonchev–Trinajstić information content (AvgIpc) is 2.18. The zero-order valence-corrected chi connectivity index (χ0v) is 11.3. The molecule has 0 amide bonds. The molecule has 0 saturated heterocycles. The van der Waals surface area contributed by atoms with Crippen LogP contribution in [0.2, 0.25) is 0 Å². The van der Waals surface area contributed by atoms with Crippen LogP contribution in [0, 0.1) is 6.92 Å². The van der Waals surface area contributed by atoms with Crippen LogP contribution in [0.25, 0.3) is 10.8 Å². The SMILES string of the molecule is [CH2-]c1cccc2ccc(OC)cc12.[Zn]. The molecule has 0 atom stereocenters. The molecular formula is C12H11OZn-. The fraction of sp³-hybridized carbons (Fsp3) is 0.0833. The Kier molecular flexibility index (Phi) is 3.54. The summed E-state index contributed by atoms with van der Waals surface area (Å²) in [7, 11) is 1.67. The Morgan fingerprint density at radius 2 is 1.93 bits per heavy atom. The van der Waals surface area contributed by atoms with Gasteiger partial charge >= 0.3 is 0 Å². The van der Waals surface area contributed by atoms with Crippen molar-refractivity contribution in [3.8, 4) is 5.75 Å². The van der Waals surface area contributed by atoms with Gasteiger partial charge in [-0.2, -0.15) is 18.6 Å². The van der Waals surface area contributed by atoms with Crippen molar-refractivity contribution in [1.29, 1.82) is 0 Å². The number of rotatable bonds is 1. The zero-order valence-electron chi connectivity index (χ0n) is 8.29. The fourth-order valence-corrected chi connectivity index (χ4v) is 1.44. The zero-order chi connectivity index (χ0) is 9.26. The molecule has 0 aromatic heterocycles. The predicted molar refractivity (Wildman–Crippen MR) is 55.0 cm³/mol. The molecule has 0 aliphatic rings. The van der Waals surface area contributed by atoms with E-state index in [1.54, 1.807) is 7.11 Å². The van der Waals surface area contributed by atoms with Crippen molar-refractivity contribution in [3.05, 3.63) is 48.9 Å². The average molecular weight is 237 g/mol. The molecule has 0 unspecified atom stereocenters. The van der Waals surface area contributed by atoms with Gasteiger partial charge in [0.15, 0.2) is 0 Å². The van der Waals surface area contributed by atoms with Crippen molar-refractivity contribution >= 4 is 10.8 Å². The van der Waals surface area contributed by atoms with Gasteiger partial charge in [-0.25, -0.2) is 0 Å². The van der Waals surface area contributed by atoms with Crippen LogP contribution in [-0.2, 0) is 19.5 Å². The fourth-order valence-electron chi connectivity index (χ4n) is 1.44. The van der Waals surface area contributed by atoms with Crippen molar-refractivity contribution in [3.63, 3.8) is 0 Å². The van der Waals surface area contributed by atoms with Crippen LogP contribution < -0.4 is 4.74 Å². The Morgan fingerprint density at radius 3 is 2.64 bits per heavy atom. The van der Waals surface area contributed by atoms with E-state index >= 15 is 0 Å². The summed E-state index contributed by atoms with van der Waals surface area (Å²) in [5, 5.41) is 2.36. The van der Waals surface area contributed by atoms with Crippen molar-refractivity contribution in [2.24, 2.45) is 0 Å². The van der Waals surface area contributed by atoms with Crippen LogP contribution in [0.5, 0.6) is 5.75 Å². The second-order valence-corrected chi connectivity index (χ2v) is 3.00. The minimum absolute atomic E-state index is 0. The molecule has 0 aliphatic carbocycles. The summed E-state index contributed by atoms with van der Waals surface area (Å²) in [4.78, 5) is 0. The number of fused-ring (bicyclic) bond motifs is 1. The third kappa shape index (κ3) is 1.91. The summed E-state index contributed by atoms with van der Waals surface area (Å²) >= 11 is 0. The van der Waals surface area contributed by atoms with Gasteiger partial charge in [-0.3, -0.25) is 0 Å². The van der Waals surface area contributed by atoms with Gasteiger partial charge in [0.05, 0.1) is 7.11 Å². The van der Waals surface area contributed by atoms with Gasteiger partial charge in [0.2, 0.25) is 0 Å². The molecule has 2 aromatic rings. The summed E-state index contributed by atoms with van der Waals surface area (Å²) in [6.45, 7) is 3.97. The van der Waals surface area contributed by atoms with E-state index in [0.29, 0.717) is 0 Å². The van der Waals surface area contributed by atoms with Crippen LogP contribution >= 0.6 is 0 Å². The van der Waals surface area contributed by atoms with Crippen LogP contribution in [0.1, 0.15) is 5.56 Å². The molecule has 2 heteroatoms. The minimum atomic E-state index is 0. The van der Waals surface area contributed by atoms with Gasteiger partial charge < -0.3 is 4.74 Å². The predicted octanol–water partition coefficient (Wildman–Crippen LogP) is 3.03. The summed E-state index contributed by atoms with van der Waals surface area (Å²) in [5.74, 6) is 0.878. The molecule has 0 heterocycles. The summed E-state index contributed by atoms with van der Waals surface area (Å²) in [6, 6.07) is 12.1. The van der Waals surface area contributed by atoms with Crippen molar-refractivity contribution in [2.75, 3.05) is 7.11 Å². The number of benzene rings is 2. The third-order valence-corrected chi connectivity index (χ3v) is 2.18. The van der Waals surface area contributed by atoms with E-state index in [1.165, 1.54) is 5.39 Å². The van der Waals surface area contributed by atoms with E-state index in [4.69, 9.17) is 4.74 Å². The summed E-state index contributed by atoms with van der Waals surface area (Å²) < 4.78 is 5.15. The first kappa shape index (κ1) is 11.1. The maximum Gasteiger partial charge on any atom is 0.107 e. The van der Waals surface area contributed by atoms with E-state index in [-0.39, 0.29) is 19.5 Å². The van der Waals surface area contributed by atoms with Gasteiger partial charge in [0.25, 0.3) is 0 Å². The molecule has 14 heavy (non-hydrogen) atoms. The third-order valence-electron chi connectivity index (χ3n) is 2.18. The molecule has 0 fully saturated rings. The second-order valence-electron chi connectivity index (χ2n) is 3.00. The van der Waals surface area contributed by atoms with Crippen molar-refractivity contribution in [1.82, 2.24) is 0 Å². The molecule has 0 saturated carbocycles. The molecule has 0 N–H and O–H groups in total. The Morgan fingerprint density at radius 1 is 1.14 bits per heavy atom. The van der Waals surface area contributed by atoms with Crippen molar-refractivity contribution in [2.45, 2.75) is 0 Å². The standard InChI is InChI=1S/C12H11O.Zn/c1-9-4-3-5-10-6-7-11(13-2)8-12(9)10;/h3-8H,1H2,2H3;/q-1;. The molecular weight excluding hydrogens is 226 g/mol. The van der Waals surface area contributed by atoms with Gasteiger partial charge in [0.1, 0.15) is 5.75 Å². The van der Waals surface area contributed by atoms with Gasteiger partial charge in [-0.15, -0.1) is 11.5 Å². The number of methoxy groups -OCH3 is 1. The normalized spacial score (nSPS) is 9.50. The van der Waals surface area contributed by atoms with Crippen LogP contribution in [0.15, 0.2) is 36.4 Å². The van der Waals surface area contributed by atoms with Crippen molar-refractivity contribution < 1.29 is 24.2 Å². The maximum absolute atomic E-state index is 5.15. The maximum atomic E-state index is 5.15. The molecule has 0 spiro atoms. The minimum Gasteiger partial charge on any atom is -0.498 e. The van der Waals surface area contributed by atoms with Gasteiger partial charge in [-0.05, 0) is 6.07 Å². The van der Waals surface area contributed by atoms with E-state index in [9.17, 15) is 0 Å². The van der Waals surface area contributed by atoms with Crippen LogP contribution in [0.4, 0.5) is 0 Å². The first-order chi connectivity index (χ1) is 6.31. The number of ether oxygens (including phenoxy) is 1. The molecule has 0 bridgehead atoms. The molecule has 1 nitrogen and oxygen atoms in total. The van der Waals surface area contributed by atoms with Gasteiger partial charge in [0, 0.05) is 19.5 Å². The van der Waals surface area contributed by atoms with Crippen LogP contribution in [-0.4, -0.2) is 7.11 Å². The summed E-state index contributed by atoms with van der Waals surface area (Å²) in [5.41, 5.74) is 1.04. The second kappa shape index (κ2) is 4.48. The Balaban J connectivity index is 0.000000980. The quantitative estimate of drug-likeness (QED) is 0.546. The topological polar surface area (TPSA) is 9.23 Å².